The fraction of sp³-hybridized carbons (Fsp3) is 0.556. The van der Waals surface area contributed by atoms with E-state index in [9.17, 15) is 9.50 Å². The van der Waals surface area contributed by atoms with Crippen molar-refractivity contribution in [3.05, 3.63) is 71.0 Å². The van der Waals surface area contributed by atoms with Crippen LogP contribution in [0.3, 0.4) is 0 Å². The molecule has 166 valence electrons. The van der Waals surface area contributed by atoms with Crippen molar-refractivity contribution in [1.29, 1.82) is 0 Å². The summed E-state index contributed by atoms with van der Waals surface area (Å²) >= 11 is 0. The Morgan fingerprint density at radius 2 is 1.68 bits per heavy atom. The third kappa shape index (κ3) is 3.83. The van der Waals surface area contributed by atoms with Gasteiger partial charge in [0.25, 0.3) is 0 Å². The molecule has 0 radical (unpaired) electrons. The van der Waals surface area contributed by atoms with E-state index in [1.54, 1.807) is 12.1 Å². The zero-order valence-corrected chi connectivity index (χ0v) is 18.6. The molecule has 2 aliphatic heterocycles. The highest BCUT2D eigenvalue weighted by Gasteiger charge is 2.49. The minimum Gasteiger partial charge on any atom is -0.384 e. The van der Waals surface area contributed by atoms with Gasteiger partial charge >= 0.3 is 0 Å². The minimum absolute atomic E-state index is 0.161. The van der Waals surface area contributed by atoms with Crippen molar-refractivity contribution >= 4 is 0 Å². The zero-order chi connectivity index (χ0) is 21.5. The Kier molecular flexibility index (Phi) is 5.66. The second kappa shape index (κ2) is 8.31. The van der Waals surface area contributed by atoms with Gasteiger partial charge in [-0.1, -0.05) is 54.8 Å². The largest absolute Gasteiger partial charge is 0.384 e. The second-order valence-electron chi connectivity index (χ2n) is 10.2. The van der Waals surface area contributed by atoms with Crippen LogP contribution in [0, 0.1) is 18.2 Å². The molecule has 2 aromatic carbocycles. The van der Waals surface area contributed by atoms with E-state index in [-0.39, 0.29) is 17.3 Å². The maximum atomic E-state index is 13.5. The fourth-order valence-corrected chi connectivity index (χ4v) is 6.58. The molecule has 31 heavy (non-hydrogen) atoms. The molecule has 4 heteroatoms. The van der Waals surface area contributed by atoms with E-state index >= 15 is 0 Å². The first-order chi connectivity index (χ1) is 15.0. The molecular formula is C27H35FN2O. The van der Waals surface area contributed by atoms with Crippen molar-refractivity contribution in [2.45, 2.75) is 63.0 Å². The first-order valence-corrected chi connectivity index (χ1v) is 12.0. The van der Waals surface area contributed by atoms with Crippen LogP contribution in [0.4, 0.5) is 4.39 Å². The first-order valence-electron chi connectivity index (χ1n) is 12.0. The molecule has 3 nitrogen and oxygen atoms in total. The molecule has 2 aromatic rings. The quantitative estimate of drug-likeness (QED) is 0.750. The molecule has 1 aliphatic carbocycles. The van der Waals surface area contributed by atoms with E-state index in [4.69, 9.17) is 0 Å². The average Bonchev–Trinajstić information content (AvgIpc) is 3.19. The normalized spacial score (nSPS) is 31.2. The molecule has 1 spiro atoms. The van der Waals surface area contributed by atoms with Crippen LogP contribution in [-0.2, 0) is 5.60 Å². The van der Waals surface area contributed by atoms with Crippen molar-refractivity contribution in [2.75, 3.05) is 26.2 Å². The zero-order valence-electron chi connectivity index (χ0n) is 18.6. The second-order valence-corrected chi connectivity index (χ2v) is 10.2. The first kappa shape index (κ1) is 21.1. The highest BCUT2D eigenvalue weighted by molar-refractivity contribution is 5.30. The number of nitrogens with zero attached hydrogens (tertiary/aromatic N) is 1. The van der Waals surface area contributed by atoms with Crippen molar-refractivity contribution in [3.8, 4) is 0 Å². The van der Waals surface area contributed by atoms with Crippen LogP contribution in [0.1, 0.15) is 61.1 Å². The summed E-state index contributed by atoms with van der Waals surface area (Å²) < 4.78 is 13.5. The molecular weight excluding hydrogens is 387 g/mol. The van der Waals surface area contributed by atoms with Crippen LogP contribution < -0.4 is 5.32 Å². The van der Waals surface area contributed by atoms with E-state index in [0.29, 0.717) is 5.92 Å². The lowest BCUT2D eigenvalue weighted by Gasteiger charge is -2.51. The Balaban J connectivity index is 1.34. The number of piperidine rings is 1. The summed E-state index contributed by atoms with van der Waals surface area (Å²) in [4.78, 5) is 2.57. The van der Waals surface area contributed by atoms with Gasteiger partial charge in [0.05, 0.1) is 0 Å². The summed E-state index contributed by atoms with van der Waals surface area (Å²) in [7, 11) is 0. The molecule has 3 atom stereocenters. The Hall–Kier alpha value is -1.75. The van der Waals surface area contributed by atoms with Gasteiger partial charge in [-0.15, -0.1) is 0 Å². The molecule has 5 rings (SSSR count). The Labute approximate surface area is 185 Å². The van der Waals surface area contributed by atoms with Gasteiger partial charge in [0.1, 0.15) is 11.4 Å². The van der Waals surface area contributed by atoms with Gasteiger partial charge in [0, 0.05) is 25.0 Å². The van der Waals surface area contributed by atoms with Crippen LogP contribution in [0.2, 0.25) is 0 Å². The molecule has 2 N–H and O–H groups in total. The predicted molar refractivity (Wildman–Crippen MR) is 123 cm³/mol. The number of halogens is 1. The molecule has 3 fully saturated rings. The van der Waals surface area contributed by atoms with Crippen molar-refractivity contribution in [3.63, 3.8) is 0 Å². The fourth-order valence-electron chi connectivity index (χ4n) is 6.58. The Morgan fingerprint density at radius 3 is 2.39 bits per heavy atom. The lowest BCUT2D eigenvalue weighted by atomic mass is 9.67. The maximum absolute atomic E-state index is 13.5. The van der Waals surface area contributed by atoms with Gasteiger partial charge < -0.3 is 10.4 Å². The third-order valence-electron chi connectivity index (χ3n) is 8.46. The number of aryl methyl sites for hydroxylation is 1. The molecule has 0 bridgehead atoms. The highest BCUT2D eigenvalue weighted by Crippen LogP contribution is 2.49. The summed E-state index contributed by atoms with van der Waals surface area (Å²) in [6.45, 7) is 6.16. The summed E-state index contributed by atoms with van der Waals surface area (Å²) in [6.07, 6.45) is 6.46. The molecule has 2 heterocycles. The van der Waals surface area contributed by atoms with Crippen LogP contribution in [0.15, 0.2) is 48.5 Å². The summed E-state index contributed by atoms with van der Waals surface area (Å²) in [6, 6.07) is 15.8. The van der Waals surface area contributed by atoms with Crippen LogP contribution in [0.5, 0.6) is 0 Å². The van der Waals surface area contributed by atoms with Gasteiger partial charge in [0.2, 0.25) is 0 Å². The van der Waals surface area contributed by atoms with Gasteiger partial charge in [-0.3, -0.25) is 4.90 Å². The van der Waals surface area contributed by atoms with E-state index in [2.05, 4.69) is 41.4 Å². The van der Waals surface area contributed by atoms with Gasteiger partial charge in [-0.2, -0.15) is 0 Å². The summed E-state index contributed by atoms with van der Waals surface area (Å²) in [5.41, 5.74) is 3.06. The van der Waals surface area contributed by atoms with Crippen LogP contribution in [-0.4, -0.2) is 42.2 Å². The predicted octanol–water partition coefficient (Wildman–Crippen LogP) is 4.73. The Morgan fingerprint density at radius 1 is 0.968 bits per heavy atom. The van der Waals surface area contributed by atoms with Crippen LogP contribution in [0.25, 0.3) is 0 Å². The van der Waals surface area contributed by atoms with E-state index in [0.717, 1.165) is 63.8 Å². The SMILES string of the molecule is Cc1ccc(C2(O)CCCCC2N2CCC3(CC2)CNCC3c2ccc(F)cc2)cc1. The third-order valence-corrected chi connectivity index (χ3v) is 8.46. The monoisotopic (exact) mass is 422 g/mol. The molecule has 3 aliphatic rings. The lowest BCUT2D eigenvalue weighted by Crippen LogP contribution is -2.56. The van der Waals surface area contributed by atoms with Gasteiger partial charge in [0.15, 0.2) is 0 Å². The van der Waals surface area contributed by atoms with Crippen LogP contribution >= 0.6 is 0 Å². The lowest BCUT2D eigenvalue weighted by molar-refractivity contribution is -0.0930. The molecule has 1 saturated carbocycles. The number of aliphatic hydroxyl groups is 1. The number of nitrogens with one attached hydrogen (secondary N) is 1. The van der Waals surface area contributed by atoms with Crippen molar-refractivity contribution in [2.24, 2.45) is 5.41 Å². The number of hydrogen-bond donors (Lipinski definition) is 2. The number of rotatable bonds is 3. The molecule has 0 amide bonds. The average molecular weight is 423 g/mol. The van der Waals surface area contributed by atoms with Crippen molar-refractivity contribution < 1.29 is 9.50 Å². The smallest absolute Gasteiger partial charge is 0.123 e. The number of benzene rings is 2. The van der Waals surface area contributed by atoms with Gasteiger partial charge in [-0.05, 0) is 74.4 Å². The summed E-state index contributed by atoms with van der Waals surface area (Å²) in [5.74, 6) is 0.281. The van der Waals surface area contributed by atoms with E-state index in [1.807, 2.05) is 12.1 Å². The summed E-state index contributed by atoms with van der Waals surface area (Å²) in [5, 5.41) is 15.5. The van der Waals surface area contributed by atoms with E-state index in [1.165, 1.54) is 17.5 Å². The number of likely N-dealkylation sites (tertiary alicyclic amines) is 1. The topological polar surface area (TPSA) is 35.5 Å². The molecule has 3 unspecified atom stereocenters. The highest BCUT2D eigenvalue weighted by atomic mass is 19.1. The maximum Gasteiger partial charge on any atom is 0.123 e. The molecule has 0 aromatic heterocycles. The van der Waals surface area contributed by atoms with E-state index < -0.39 is 5.60 Å². The van der Waals surface area contributed by atoms with Gasteiger partial charge in [-0.25, -0.2) is 4.39 Å². The minimum atomic E-state index is -0.749. The van der Waals surface area contributed by atoms with Crippen molar-refractivity contribution in [1.82, 2.24) is 10.2 Å². The number of hydrogen-bond acceptors (Lipinski definition) is 3. The standard InChI is InChI=1S/C27H35FN2O/c1-20-5-9-22(10-6-20)27(31)13-3-2-4-25(27)30-16-14-26(15-17-30)19-29-18-24(26)21-7-11-23(28)12-8-21/h5-12,24-25,29,31H,2-4,13-19H2,1H3. The Bertz CT molecular complexity index is 888. The molecule has 2 saturated heterocycles.